The van der Waals surface area contributed by atoms with E-state index >= 15 is 0 Å². The Labute approximate surface area is 114 Å². The van der Waals surface area contributed by atoms with Gasteiger partial charge in [-0.2, -0.15) is 0 Å². The second-order valence-corrected chi connectivity index (χ2v) is 5.45. The third-order valence-corrected chi connectivity index (χ3v) is 3.92. The highest BCUT2D eigenvalue weighted by Gasteiger charge is 2.49. The van der Waals surface area contributed by atoms with Crippen molar-refractivity contribution < 1.29 is 9.53 Å². The summed E-state index contributed by atoms with van der Waals surface area (Å²) in [5, 5.41) is 0. The second kappa shape index (κ2) is 5.21. The largest absolute Gasteiger partial charge is 0.496 e. The molecular weight excluding hydrogens is 240 g/mol. The predicted molar refractivity (Wildman–Crippen MR) is 74.9 cm³/mol. The van der Waals surface area contributed by atoms with Gasteiger partial charge in [0.25, 0.3) is 0 Å². The Balaban J connectivity index is 2.05. The maximum Gasteiger partial charge on any atom is 0.230 e. The first-order chi connectivity index (χ1) is 9.02. The van der Waals surface area contributed by atoms with Crippen molar-refractivity contribution in [3.8, 4) is 5.75 Å². The molecule has 4 nitrogen and oxygen atoms in total. The summed E-state index contributed by atoms with van der Waals surface area (Å²) in [5.74, 6) is 1.04. The van der Waals surface area contributed by atoms with E-state index in [4.69, 9.17) is 10.5 Å². The van der Waals surface area contributed by atoms with Crippen LogP contribution in [0.4, 0.5) is 0 Å². The molecule has 2 N–H and O–H groups in total. The molecule has 0 unspecified atom stereocenters. The van der Waals surface area contributed by atoms with E-state index in [1.54, 1.807) is 12.0 Å². The van der Waals surface area contributed by atoms with E-state index in [0.29, 0.717) is 13.1 Å². The topological polar surface area (TPSA) is 55.6 Å². The molecule has 1 aromatic carbocycles. The molecule has 1 amide bonds. The number of carbonyl (C=O) groups is 1. The fraction of sp³-hybridized carbons (Fsp3) is 0.533. The number of hydrogen-bond acceptors (Lipinski definition) is 3. The second-order valence-electron chi connectivity index (χ2n) is 5.45. The number of ether oxygens (including phenoxy) is 1. The molecule has 1 aliphatic rings. The Bertz CT molecular complexity index is 481. The normalized spacial score (nSPS) is 16.0. The third-order valence-electron chi connectivity index (χ3n) is 3.92. The highest BCUT2D eigenvalue weighted by atomic mass is 16.5. The summed E-state index contributed by atoms with van der Waals surface area (Å²) < 4.78 is 5.24. The van der Waals surface area contributed by atoms with Crippen LogP contribution in [0.1, 0.15) is 24.0 Å². The number of nitrogens with zero attached hydrogens (tertiary/aromatic N) is 1. The molecule has 0 bridgehead atoms. The highest BCUT2D eigenvalue weighted by Crippen LogP contribution is 2.46. The number of hydrogen-bond donors (Lipinski definition) is 1. The molecule has 1 aromatic rings. The minimum atomic E-state index is -0.268. The summed E-state index contributed by atoms with van der Waals surface area (Å²) in [5.41, 5.74) is 7.63. The maximum absolute atomic E-state index is 12.3. The van der Waals surface area contributed by atoms with E-state index < -0.39 is 0 Å². The molecule has 4 heteroatoms. The van der Waals surface area contributed by atoms with Crippen LogP contribution in [0.25, 0.3) is 0 Å². The molecule has 1 fully saturated rings. The van der Waals surface area contributed by atoms with Gasteiger partial charge in [-0.25, -0.2) is 0 Å². The van der Waals surface area contributed by atoms with Crippen molar-refractivity contribution in [3.05, 3.63) is 29.3 Å². The molecule has 1 saturated carbocycles. The quantitative estimate of drug-likeness (QED) is 0.878. The molecule has 0 heterocycles. The summed E-state index contributed by atoms with van der Waals surface area (Å²) in [6, 6.07) is 6.00. The fourth-order valence-electron chi connectivity index (χ4n) is 2.45. The summed E-state index contributed by atoms with van der Waals surface area (Å²) >= 11 is 0. The van der Waals surface area contributed by atoms with Gasteiger partial charge in [0.1, 0.15) is 5.75 Å². The van der Waals surface area contributed by atoms with Crippen LogP contribution in [0.3, 0.4) is 0 Å². The molecule has 0 aromatic heterocycles. The van der Waals surface area contributed by atoms with Crippen molar-refractivity contribution in [2.75, 3.05) is 20.7 Å². The minimum absolute atomic E-state index is 0.170. The van der Waals surface area contributed by atoms with E-state index in [-0.39, 0.29) is 11.3 Å². The summed E-state index contributed by atoms with van der Waals surface area (Å²) in [6.07, 6.45) is 1.85. The zero-order valence-corrected chi connectivity index (χ0v) is 11.9. The van der Waals surface area contributed by atoms with Gasteiger partial charge in [-0.05, 0) is 37.0 Å². The van der Waals surface area contributed by atoms with E-state index in [2.05, 4.69) is 6.07 Å². The van der Waals surface area contributed by atoms with Gasteiger partial charge in [-0.3, -0.25) is 4.79 Å². The number of carbonyl (C=O) groups excluding carboxylic acids is 1. The molecule has 0 aliphatic heterocycles. The standard InChI is InChI=1S/C15H22N2O2/c1-11-8-12(4-5-13(11)19-3)9-17(2)14(18)15(10-16)6-7-15/h4-5,8H,6-7,9-10,16H2,1-3H3. The van der Waals surface area contributed by atoms with Crippen LogP contribution in [0.15, 0.2) is 18.2 Å². The Morgan fingerprint density at radius 2 is 2.16 bits per heavy atom. The lowest BCUT2D eigenvalue weighted by Crippen LogP contribution is -2.37. The van der Waals surface area contributed by atoms with Crippen LogP contribution >= 0.6 is 0 Å². The first kappa shape index (κ1) is 13.9. The van der Waals surface area contributed by atoms with E-state index in [1.807, 2.05) is 26.1 Å². The molecule has 0 spiro atoms. The van der Waals surface area contributed by atoms with Crippen LogP contribution in [0, 0.1) is 12.3 Å². The number of rotatable bonds is 5. The monoisotopic (exact) mass is 262 g/mol. The Kier molecular flexibility index (Phi) is 3.80. The van der Waals surface area contributed by atoms with Gasteiger partial charge in [0.15, 0.2) is 0 Å². The lowest BCUT2D eigenvalue weighted by Gasteiger charge is -2.23. The average Bonchev–Trinajstić information content (AvgIpc) is 3.19. The highest BCUT2D eigenvalue weighted by molar-refractivity contribution is 5.85. The van der Waals surface area contributed by atoms with Crippen molar-refractivity contribution in [1.29, 1.82) is 0 Å². The number of aryl methyl sites for hydroxylation is 1. The number of nitrogens with two attached hydrogens (primary N) is 1. The van der Waals surface area contributed by atoms with E-state index in [9.17, 15) is 4.79 Å². The molecular formula is C15H22N2O2. The van der Waals surface area contributed by atoms with Gasteiger partial charge in [0.2, 0.25) is 5.91 Å². The van der Waals surface area contributed by atoms with Crippen LogP contribution in [-0.2, 0) is 11.3 Å². The Morgan fingerprint density at radius 1 is 1.47 bits per heavy atom. The maximum atomic E-state index is 12.3. The third kappa shape index (κ3) is 2.73. The fourth-order valence-corrected chi connectivity index (χ4v) is 2.45. The summed E-state index contributed by atoms with van der Waals surface area (Å²) in [6.45, 7) is 3.08. The van der Waals surface area contributed by atoms with Gasteiger partial charge >= 0.3 is 0 Å². The minimum Gasteiger partial charge on any atom is -0.496 e. The molecule has 0 atom stereocenters. The van der Waals surface area contributed by atoms with E-state index in [1.165, 1.54) is 0 Å². The van der Waals surface area contributed by atoms with Crippen molar-refractivity contribution >= 4 is 5.91 Å². The predicted octanol–water partition coefficient (Wildman–Crippen LogP) is 1.70. The van der Waals surface area contributed by atoms with Crippen LogP contribution in [0.5, 0.6) is 5.75 Å². The molecule has 19 heavy (non-hydrogen) atoms. The number of methoxy groups -OCH3 is 1. The Morgan fingerprint density at radius 3 is 2.63 bits per heavy atom. The van der Waals surface area contributed by atoms with E-state index in [0.717, 1.165) is 29.7 Å². The number of benzene rings is 1. The van der Waals surface area contributed by atoms with Crippen LogP contribution < -0.4 is 10.5 Å². The Hall–Kier alpha value is -1.55. The van der Waals surface area contributed by atoms with Crippen molar-refractivity contribution in [2.24, 2.45) is 11.1 Å². The van der Waals surface area contributed by atoms with Crippen molar-refractivity contribution in [1.82, 2.24) is 4.90 Å². The van der Waals surface area contributed by atoms with Gasteiger partial charge < -0.3 is 15.4 Å². The van der Waals surface area contributed by atoms with Gasteiger partial charge in [0.05, 0.1) is 12.5 Å². The summed E-state index contributed by atoms with van der Waals surface area (Å²) in [4.78, 5) is 14.1. The van der Waals surface area contributed by atoms with Crippen LogP contribution in [0.2, 0.25) is 0 Å². The zero-order valence-electron chi connectivity index (χ0n) is 11.9. The number of amides is 1. The molecule has 0 saturated heterocycles. The summed E-state index contributed by atoms with van der Waals surface area (Å²) in [7, 11) is 3.51. The van der Waals surface area contributed by atoms with Gasteiger partial charge in [-0.1, -0.05) is 12.1 Å². The zero-order chi connectivity index (χ0) is 14.0. The van der Waals surface area contributed by atoms with Gasteiger partial charge in [-0.15, -0.1) is 0 Å². The van der Waals surface area contributed by atoms with Gasteiger partial charge in [0, 0.05) is 20.1 Å². The molecule has 104 valence electrons. The van der Waals surface area contributed by atoms with Crippen molar-refractivity contribution in [3.63, 3.8) is 0 Å². The first-order valence-corrected chi connectivity index (χ1v) is 6.61. The van der Waals surface area contributed by atoms with Crippen molar-refractivity contribution in [2.45, 2.75) is 26.3 Å². The smallest absolute Gasteiger partial charge is 0.230 e. The molecule has 2 rings (SSSR count). The first-order valence-electron chi connectivity index (χ1n) is 6.61. The SMILES string of the molecule is COc1ccc(CN(C)C(=O)C2(CN)CC2)cc1C. The average molecular weight is 262 g/mol. The van der Waals surface area contributed by atoms with Crippen LogP contribution in [-0.4, -0.2) is 31.5 Å². The molecule has 1 aliphatic carbocycles. The lowest BCUT2D eigenvalue weighted by atomic mass is 10.1. The lowest BCUT2D eigenvalue weighted by molar-refractivity contribution is -0.135. The molecule has 0 radical (unpaired) electrons.